The van der Waals surface area contributed by atoms with Crippen molar-refractivity contribution in [2.45, 2.75) is 0 Å². The van der Waals surface area contributed by atoms with Crippen molar-refractivity contribution < 1.29 is 14.8 Å². The van der Waals surface area contributed by atoms with E-state index in [-0.39, 0.29) is 16.4 Å². The number of aromatic nitrogens is 1. The van der Waals surface area contributed by atoms with Crippen LogP contribution in [0.25, 0.3) is 10.9 Å². The third-order valence-electron chi connectivity index (χ3n) is 2.14. The highest BCUT2D eigenvalue weighted by Crippen LogP contribution is 2.30. The summed E-state index contributed by atoms with van der Waals surface area (Å²) in [5.41, 5.74) is 0.149. The molecule has 82 valence electrons. The fraction of sp³-hybridized carbons (Fsp3) is 0. The molecule has 0 fully saturated rings. The molecule has 0 saturated heterocycles. The first-order valence-electron chi connectivity index (χ1n) is 4.19. The van der Waals surface area contributed by atoms with Crippen molar-refractivity contribution in [3.05, 3.63) is 39.0 Å². The third-order valence-corrected chi connectivity index (χ3v) is 2.54. The van der Waals surface area contributed by atoms with Crippen LogP contribution in [0.3, 0.4) is 0 Å². The lowest BCUT2D eigenvalue weighted by Gasteiger charge is -1.91. The number of rotatable bonds is 2. The number of hydrogen-bond acceptors (Lipinski definition) is 3. The molecule has 0 unspecified atom stereocenters. The molecule has 0 aliphatic rings. The smallest absolute Gasteiger partial charge is 0.353 e. The van der Waals surface area contributed by atoms with Crippen LogP contribution in [0.1, 0.15) is 10.5 Å². The van der Waals surface area contributed by atoms with Gasteiger partial charge in [0.2, 0.25) is 0 Å². The Kier molecular flexibility index (Phi) is 2.28. The van der Waals surface area contributed by atoms with Crippen LogP contribution < -0.4 is 0 Å². The molecule has 1 heterocycles. The van der Waals surface area contributed by atoms with Crippen LogP contribution >= 0.6 is 11.6 Å². The van der Waals surface area contributed by atoms with Crippen LogP contribution in [0.2, 0.25) is 5.02 Å². The lowest BCUT2D eigenvalue weighted by molar-refractivity contribution is -0.384. The number of carboxylic acid groups (broad SMARTS) is 1. The lowest BCUT2D eigenvalue weighted by atomic mass is 10.2. The largest absolute Gasteiger partial charge is 0.477 e. The fourth-order valence-corrected chi connectivity index (χ4v) is 1.69. The van der Waals surface area contributed by atoms with Gasteiger partial charge in [0.15, 0.2) is 0 Å². The molecule has 0 aliphatic carbocycles. The van der Waals surface area contributed by atoms with Gasteiger partial charge in [0, 0.05) is 23.0 Å². The van der Waals surface area contributed by atoms with E-state index >= 15 is 0 Å². The minimum atomic E-state index is -1.20. The topological polar surface area (TPSA) is 96.2 Å². The van der Waals surface area contributed by atoms with Crippen molar-refractivity contribution >= 4 is 34.2 Å². The van der Waals surface area contributed by atoms with Gasteiger partial charge in [0.25, 0.3) is 5.69 Å². The van der Waals surface area contributed by atoms with Crippen LogP contribution in [-0.2, 0) is 0 Å². The molecule has 0 spiro atoms. The molecule has 7 heteroatoms. The van der Waals surface area contributed by atoms with Gasteiger partial charge in [-0.15, -0.1) is 0 Å². The number of halogens is 1. The number of carbonyl (C=O) groups is 1. The van der Waals surface area contributed by atoms with E-state index in [0.29, 0.717) is 10.9 Å². The number of nitrogens with one attached hydrogen (secondary N) is 1. The van der Waals surface area contributed by atoms with E-state index in [0.717, 1.165) is 0 Å². The highest BCUT2D eigenvalue weighted by molar-refractivity contribution is 6.38. The minimum Gasteiger partial charge on any atom is -0.477 e. The Labute approximate surface area is 93.6 Å². The molecule has 2 aromatic rings. The van der Waals surface area contributed by atoms with Gasteiger partial charge in [-0.25, -0.2) is 4.79 Å². The minimum absolute atomic E-state index is 0.0220. The number of benzene rings is 1. The summed E-state index contributed by atoms with van der Waals surface area (Å²) in [6, 6.07) is 3.94. The molecule has 1 aromatic heterocycles. The Morgan fingerprint density at radius 2 is 2.19 bits per heavy atom. The number of non-ortho nitro benzene ring substituents is 1. The van der Waals surface area contributed by atoms with Gasteiger partial charge in [-0.2, -0.15) is 0 Å². The number of H-pyrrole nitrogens is 1. The van der Waals surface area contributed by atoms with Gasteiger partial charge >= 0.3 is 5.97 Å². The summed E-state index contributed by atoms with van der Waals surface area (Å²) in [7, 11) is 0. The number of hydrogen-bond donors (Lipinski definition) is 2. The number of aromatic amines is 1. The monoisotopic (exact) mass is 240 g/mol. The van der Waals surface area contributed by atoms with Crippen molar-refractivity contribution in [3.8, 4) is 0 Å². The van der Waals surface area contributed by atoms with Gasteiger partial charge in [-0.3, -0.25) is 10.1 Å². The first kappa shape index (κ1) is 10.4. The summed E-state index contributed by atoms with van der Waals surface area (Å²) in [5.74, 6) is -1.20. The number of carboxylic acids is 1. The number of nitro groups is 1. The molecule has 16 heavy (non-hydrogen) atoms. The zero-order valence-corrected chi connectivity index (χ0v) is 8.49. The molecule has 0 bridgehead atoms. The number of nitro benzene ring substituents is 1. The highest BCUT2D eigenvalue weighted by atomic mass is 35.5. The summed E-state index contributed by atoms with van der Waals surface area (Å²) in [6.07, 6.45) is 0. The first-order valence-corrected chi connectivity index (χ1v) is 4.57. The highest BCUT2D eigenvalue weighted by Gasteiger charge is 2.17. The number of fused-ring (bicyclic) bond motifs is 1. The van der Waals surface area contributed by atoms with E-state index in [1.54, 1.807) is 0 Å². The van der Waals surface area contributed by atoms with Crippen LogP contribution in [0.4, 0.5) is 5.69 Å². The van der Waals surface area contributed by atoms with E-state index in [1.807, 2.05) is 0 Å². The van der Waals surface area contributed by atoms with E-state index < -0.39 is 10.9 Å². The maximum atomic E-state index is 10.8. The molecule has 2 rings (SSSR count). The molecule has 0 atom stereocenters. The van der Waals surface area contributed by atoms with Crippen LogP contribution in [0.15, 0.2) is 18.2 Å². The second-order valence-electron chi connectivity index (χ2n) is 3.11. The quantitative estimate of drug-likeness (QED) is 0.622. The summed E-state index contributed by atoms with van der Waals surface area (Å²) in [4.78, 5) is 23.3. The summed E-state index contributed by atoms with van der Waals surface area (Å²) < 4.78 is 0. The van der Waals surface area contributed by atoms with Crippen molar-refractivity contribution in [1.29, 1.82) is 0 Å². The van der Waals surface area contributed by atoms with Crippen molar-refractivity contribution in [2.75, 3.05) is 0 Å². The maximum Gasteiger partial charge on any atom is 0.353 e. The average Bonchev–Trinajstić information content (AvgIpc) is 2.56. The Morgan fingerprint density at radius 3 is 2.75 bits per heavy atom. The summed E-state index contributed by atoms with van der Waals surface area (Å²) >= 11 is 5.79. The second-order valence-corrected chi connectivity index (χ2v) is 3.48. The predicted octanol–water partition coefficient (Wildman–Crippen LogP) is 2.43. The molecule has 0 saturated carbocycles. The lowest BCUT2D eigenvalue weighted by Crippen LogP contribution is -1.96. The van der Waals surface area contributed by atoms with Crippen molar-refractivity contribution in [2.24, 2.45) is 0 Å². The number of aromatic carboxylic acids is 1. The standard InChI is InChI=1S/C9H5ClN2O4/c10-7-5-3-4(12(15)16)1-2-6(5)11-8(7)9(13)14/h1-3,11H,(H,13,14). The molecular weight excluding hydrogens is 236 g/mol. The number of nitrogens with zero attached hydrogens (tertiary/aromatic N) is 1. The summed E-state index contributed by atoms with van der Waals surface area (Å²) in [6.45, 7) is 0. The zero-order chi connectivity index (χ0) is 11.9. The Balaban J connectivity index is 2.73. The van der Waals surface area contributed by atoms with Gasteiger partial charge < -0.3 is 10.1 Å². The molecule has 0 aliphatic heterocycles. The Bertz CT molecular complexity index is 605. The van der Waals surface area contributed by atoms with E-state index in [1.165, 1.54) is 18.2 Å². The van der Waals surface area contributed by atoms with Gasteiger partial charge in [-0.05, 0) is 6.07 Å². The molecule has 1 aromatic carbocycles. The second kappa shape index (κ2) is 3.49. The van der Waals surface area contributed by atoms with Gasteiger partial charge in [0.1, 0.15) is 5.69 Å². The van der Waals surface area contributed by atoms with Crippen molar-refractivity contribution in [3.63, 3.8) is 0 Å². The molecule has 6 nitrogen and oxygen atoms in total. The van der Waals surface area contributed by atoms with Crippen LogP contribution in [-0.4, -0.2) is 21.0 Å². The normalized spacial score (nSPS) is 10.6. The third kappa shape index (κ3) is 1.49. The molecular formula is C9H5ClN2O4. The average molecular weight is 241 g/mol. The van der Waals surface area contributed by atoms with Crippen LogP contribution in [0, 0.1) is 10.1 Å². The van der Waals surface area contributed by atoms with Crippen molar-refractivity contribution in [1.82, 2.24) is 4.98 Å². The molecule has 0 radical (unpaired) electrons. The summed E-state index contributed by atoms with van der Waals surface area (Å²) in [5, 5.41) is 19.6. The van der Waals surface area contributed by atoms with E-state index in [4.69, 9.17) is 16.7 Å². The maximum absolute atomic E-state index is 10.8. The fourth-order valence-electron chi connectivity index (χ4n) is 1.41. The molecule has 2 N–H and O–H groups in total. The zero-order valence-electron chi connectivity index (χ0n) is 7.73. The van der Waals surface area contributed by atoms with Gasteiger partial charge in [-0.1, -0.05) is 11.6 Å². The SMILES string of the molecule is O=C(O)c1[nH]c2ccc([N+](=O)[O-])cc2c1Cl. The Hall–Kier alpha value is -2.08. The predicted molar refractivity (Wildman–Crippen MR) is 56.9 cm³/mol. The first-order chi connectivity index (χ1) is 7.50. The van der Waals surface area contributed by atoms with Crippen LogP contribution in [0.5, 0.6) is 0 Å². The Morgan fingerprint density at radius 1 is 1.50 bits per heavy atom. The van der Waals surface area contributed by atoms with E-state index in [2.05, 4.69) is 4.98 Å². The van der Waals surface area contributed by atoms with E-state index in [9.17, 15) is 14.9 Å². The molecule has 0 amide bonds. The van der Waals surface area contributed by atoms with Gasteiger partial charge in [0.05, 0.1) is 9.95 Å².